The van der Waals surface area contributed by atoms with Crippen molar-refractivity contribution in [2.24, 2.45) is 0 Å². The van der Waals surface area contributed by atoms with Crippen LogP contribution in [0.1, 0.15) is 27.2 Å². The van der Waals surface area contributed by atoms with Gasteiger partial charge in [0.2, 0.25) is 10.0 Å². The summed E-state index contributed by atoms with van der Waals surface area (Å²) < 4.78 is 28.0. The monoisotopic (exact) mass is 467 g/mol. The van der Waals surface area contributed by atoms with Gasteiger partial charge in [-0.25, -0.2) is 8.42 Å². The Labute approximate surface area is 192 Å². The third kappa shape index (κ3) is 4.18. The molecular formula is C24H25N3O3S2. The third-order valence-electron chi connectivity index (χ3n) is 6.11. The number of carbonyl (C=O) groups excluding carboxylic acids is 1. The van der Waals surface area contributed by atoms with E-state index in [0.717, 1.165) is 24.1 Å². The number of benzene rings is 2. The van der Waals surface area contributed by atoms with Crippen molar-refractivity contribution < 1.29 is 13.2 Å². The lowest BCUT2D eigenvalue weighted by atomic mass is 10.1. The fourth-order valence-corrected chi connectivity index (χ4v) is 6.74. The summed E-state index contributed by atoms with van der Waals surface area (Å²) in [5.74, 6) is -0.127. The molecule has 0 radical (unpaired) electrons. The van der Waals surface area contributed by atoms with E-state index in [0.29, 0.717) is 31.7 Å². The van der Waals surface area contributed by atoms with Gasteiger partial charge in [-0.2, -0.15) is 4.31 Å². The van der Waals surface area contributed by atoms with Gasteiger partial charge in [-0.05, 0) is 60.2 Å². The fourth-order valence-electron chi connectivity index (χ4n) is 4.38. The highest BCUT2D eigenvalue weighted by atomic mass is 32.2. The first-order valence-corrected chi connectivity index (χ1v) is 13.1. The normalized spacial score (nSPS) is 19.0. The number of thiophene rings is 1. The summed E-state index contributed by atoms with van der Waals surface area (Å²) in [6.07, 6.45) is 1.59. The zero-order valence-electron chi connectivity index (χ0n) is 17.6. The molecule has 0 saturated carbocycles. The second kappa shape index (κ2) is 8.69. The quantitative estimate of drug-likeness (QED) is 0.619. The van der Waals surface area contributed by atoms with Gasteiger partial charge in [0, 0.05) is 48.3 Å². The van der Waals surface area contributed by atoms with Crippen LogP contribution in [0.3, 0.4) is 0 Å². The maximum Gasteiger partial charge on any atom is 0.253 e. The van der Waals surface area contributed by atoms with Gasteiger partial charge in [-0.1, -0.05) is 24.3 Å². The molecule has 1 N–H and O–H groups in total. The van der Waals surface area contributed by atoms with E-state index >= 15 is 0 Å². The highest BCUT2D eigenvalue weighted by molar-refractivity contribution is 7.89. The molecule has 1 atom stereocenters. The van der Waals surface area contributed by atoms with Crippen molar-refractivity contribution in [3.8, 4) is 0 Å². The number of para-hydroxylation sites is 1. The van der Waals surface area contributed by atoms with Gasteiger partial charge in [0.1, 0.15) is 0 Å². The second-order valence-electron chi connectivity index (χ2n) is 8.23. The Bertz CT molecular complexity index is 1220. The van der Waals surface area contributed by atoms with E-state index in [4.69, 9.17) is 0 Å². The number of nitrogens with one attached hydrogen (secondary N) is 1. The number of nitrogens with zero attached hydrogens (tertiary/aromatic N) is 2. The molecule has 6 nitrogen and oxygen atoms in total. The van der Waals surface area contributed by atoms with E-state index in [1.165, 1.54) is 15.2 Å². The Morgan fingerprint density at radius 2 is 1.88 bits per heavy atom. The first kappa shape index (κ1) is 21.2. The smallest absolute Gasteiger partial charge is 0.253 e. The first-order valence-electron chi connectivity index (χ1n) is 10.8. The Morgan fingerprint density at radius 3 is 2.72 bits per heavy atom. The number of fused-ring (bicyclic) bond motifs is 1. The molecule has 0 aliphatic carbocycles. The Kier molecular flexibility index (Phi) is 5.75. The number of rotatable bonds is 5. The molecule has 0 bridgehead atoms. The van der Waals surface area contributed by atoms with Crippen LogP contribution >= 0.6 is 11.3 Å². The SMILES string of the molecule is O=C(c1cccc(S(=O)(=O)N2CCc3sccc3C2)c1)N1CCC(Nc2ccccc2)C1. The van der Waals surface area contributed by atoms with Crippen molar-refractivity contribution >= 4 is 33.0 Å². The zero-order valence-corrected chi connectivity index (χ0v) is 19.2. The minimum Gasteiger partial charge on any atom is -0.380 e. The lowest BCUT2D eigenvalue weighted by Crippen LogP contribution is -2.35. The second-order valence-corrected chi connectivity index (χ2v) is 11.2. The van der Waals surface area contributed by atoms with Gasteiger partial charge in [0.25, 0.3) is 5.91 Å². The topological polar surface area (TPSA) is 69.7 Å². The summed E-state index contributed by atoms with van der Waals surface area (Å²) in [6, 6.07) is 18.6. The van der Waals surface area contributed by atoms with Gasteiger partial charge in [-0.15, -0.1) is 11.3 Å². The number of anilines is 1. The minimum atomic E-state index is -3.66. The summed E-state index contributed by atoms with van der Waals surface area (Å²) in [5.41, 5.74) is 2.53. The average Bonchev–Trinajstić information content (AvgIpc) is 3.48. The molecule has 3 aromatic rings. The van der Waals surface area contributed by atoms with Crippen LogP contribution in [0.4, 0.5) is 5.69 Å². The summed E-state index contributed by atoms with van der Waals surface area (Å²) >= 11 is 1.68. The number of hydrogen-bond acceptors (Lipinski definition) is 5. The highest BCUT2D eigenvalue weighted by Crippen LogP contribution is 2.28. The molecule has 8 heteroatoms. The van der Waals surface area contributed by atoms with Crippen LogP contribution in [0.25, 0.3) is 0 Å². The van der Waals surface area contributed by atoms with Crippen molar-refractivity contribution in [3.05, 3.63) is 82.0 Å². The van der Waals surface area contributed by atoms with Gasteiger partial charge in [-0.3, -0.25) is 4.79 Å². The van der Waals surface area contributed by atoms with Crippen molar-refractivity contribution in [2.75, 3.05) is 25.0 Å². The van der Waals surface area contributed by atoms with Crippen molar-refractivity contribution in [3.63, 3.8) is 0 Å². The van der Waals surface area contributed by atoms with Crippen molar-refractivity contribution in [1.82, 2.24) is 9.21 Å². The number of likely N-dealkylation sites (tertiary alicyclic amines) is 1. The summed E-state index contributed by atoms with van der Waals surface area (Å²) in [7, 11) is -3.66. The maximum atomic E-state index is 13.3. The molecule has 32 heavy (non-hydrogen) atoms. The lowest BCUT2D eigenvalue weighted by Gasteiger charge is -2.26. The molecule has 1 saturated heterocycles. The summed E-state index contributed by atoms with van der Waals surface area (Å²) in [4.78, 5) is 16.4. The molecule has 2 aliphatic rings. The highest BCUT2D eigenvalue weighted by Gasteiger charge is 2.31. The van der Waals surface area contributed by atoms with Gasteiger partial charge in [0.15, 0.2) is 0 Å². The fraction of sp³-hybridized carbons (Fsp3) is 0.292. The van der Waals surface area contributed by atoms with Crippen LogP contribution in [0, 0.1) is 0 Å². The van der Waals surface area contributed by atoms with Gasteiger partial charge < -0.3 is 10.2 Å². The molecule has 166 valence electrons. The first-order chi connectivity index (χ1) is 15.5. The molecule has 5 rings (SSSR count). The van der Waals surface area contributed by atoms with Crippen molar-refractivity contribution in [1.29, 1.82) is 0 Å². The molecule has 0 spiro atoms. The third-order valence-corrected chi connectivity index (χ3v) is 8.98. The van der Waals surface area contributed by atoms with E-state index in [-0.39, 0.29) is 16.8 Å². The predicted octanol–water partition coefficient (Wildman–Crippen LogP) is 3.82. The Morgan fingerprint density at radius 1 is 1.03 bits per heavy atom. The zero-order chi connectivity index (χ0) is 22.1. The van der Waals surface area contributed by atoms with E-state index in [2.05, 4.69) is 5.32 Å². The summed E-state index contributed by atoms with van der Waals surface area (Å²) in [6.45, 7) is 2.09. The largest absolute Gasteiger partial charge is 0.380 e. The molecule has 2 aromatic carbocycles. The van der Waals surface area contributed by atoms with Crippen LogP contribution in [-0.4, -0.2) is 49.2 Å². The molecule has 2 aliphatic heterocycles. The van der Waals surface area contributed by atoms with E-state index in [9.17, 15) is 13.2 Å². The summed E-state index contributed by atoms with van der Waals surface area (Å²) in [5, 5.41) is 5.48. The Balaban J connectivity index is 1.29. The number of hydrogen-bond donors (Lipinski definition) is 1. The number of amides is 1. The van der Waals surface area contributed by atoms with Crippen molar-refractivity contribution in [2.45, 2.75) is 30.3 Å². The van der Waals surface area contributed by atoms with Crippen LogP contribution in [0.2, 0.25) is 0 Å². The minimum absolute atomic E-state index is 0.127. The van der Waals surface area contributed by atoms with E-state index < -0.39 is 10.0 Å². The van der Waals surface area contributed by atoms with Crippen LogP contribution in [0.15, 0.2) is 70.9 Å². The van der Waals surface area contributed by atoms with E-state index in [1.54, 1.807) is 34.4 Å². The van der Waals surface area contributed by atoms with Crippen LogP contribution in [-0.2, 0) is 23.0 Å². The number of sulfonamides is 1. The predicted molar refractivity (Wildman–Crippen MR) is 126 cm³/mol. The van der Waals surface area contributed by atoms with Gasteiger partial charge >= 0.3 is 0 Å². The number of carbonyl (C=O) groups is 1. The lowest BCUT2D eigenvalue weighted by molar-refractivity contribution is 0.0791. The molecular weight excluding hydrogens is 442 g/mol. The van der Waals surface area contributed by atoms with E-state index in [1.807, 2.05) is 41.8 Å². The maximum absolute atomic E-state index is 13.3. The van der Waals surface area contributed by atoms with Crippen LogP contribution < -0.4 is 5.32 Å². The molecule has 3 heterocycles. The average molecular weight is 468 g/mol. The molecule has 1 aromatic heterocycles. The standard InChI is InChI=1S/C24H25N3O3S2/c28-24(26-12-9-21(17-26)25-20-6-2-1-3-7-20)18-5-4-8-22(15-18)32(29,30)27-13-10-23-19(16-27)11-14-31-23/h1-8,11,14-15,21,25H,9-10,12-13,16-17H2. The van der Waals surface area contributed by atoms with Gasteiger partial charge in [0.05, 0.1) is 4.90 Å². The molecule has 1 amide bonds. The Hall–Kier alpha value is -2.68. The van der Waals surface area contributed by atoms with Crippen LogP contribution in [0.5, 0.6) is 0 Å². The molecule has 1 fully saturated rings. The molecule has 1 unspecified atom stereocenters.